The molecular weight excluding hydrogens is 164 g/mol. The van der Waals surface area contributed by atoms with Gasteiger partial charge in [-0.25, -0.2) is 4.79 Å². The van der Waals surface area contributed by atoms with E-state index in [0.717, 1.165) is 19.5 Å². The highest BCUT2D eigenvalue weighted by Crippen LogP contribution is 2.35. The summed E-state index contributed by atoms with van der Waals surface area (Å²) in [6.45, 7) is 4.03. The lowest BCUT2D eigenvalue weighted by molar-refractivity contribution is 0.114. The number of nitrogens with one attached hydrogen (secondary N) is 1. The second kappa shape index (κ2) is 3.20. The molecule has 1 N–H and O–H groups in total. The van der Waals surface area contributed by atoms with Crippen LogP contribution in [0.25, 0.3) is 0 Å². The third-order valence-corrected chi connectivity index (χ3v) is 3.41. The van der Waals surface area contributed by atoms with Gasteiger partial charge in [-0.1, -0.05) is 12.8 Å². The molecule has 1 aliphatic carbocycles. The van der Waals surface area contributed by atoms with E-state index in [9.17, 15) is 4.79 Å². The second-order valence-electron chi connectivity index (χ2n) is 4.44. The van der Waals surface area contributed by atoms with Crippen LogP contribution in [0, 0.1) is 0 Å². The van der Waals surface area contributed by atoms with E-state index < -0.39 is 0 Å². The number of rotatable bonds is 1. The molecule has 2 aliphatic rings. The summed E-state index contributed by atoms with van der Waals surface area (Å²) in [6.07, 6.45) is 6.02. The summed E-state index contributed by atoms with van der Waals surface area (Å²) < 4.78 is 0. The molecule has 0 radical (unpaired) electrons. The Morgan fingerprint density at radius 3 is 2.62 bits per heavy atom. The van der Waals surface area contributed by atoms with Crippen LogP contribution >= 0.6 is 0 Å². The van der Waals surface area contributed by atoms with Crippen molar-refractivity contribution in [2.45, 2.75) is 44.6 Å². The summed E-state index contributed by atoms with van der Waals surface area (Å²) >= 11 is 0. The van der Waals surface area contributed by atoms with Crippen molar-refractivity contribution in [3.05, 3.63) is 0 Å². The molecule has 1 saturated carbocycles. The minimum atomic E-state index is 0.149. The standard InChI is InChI=1S/C10H18N2O/c1-10(5-2-3-6-10)12-8-4-7-11-9(12)13/h2-8H2,1H3,(H,11,13). The fourth-order valence-electron chi connectivity index (χ4n) is 2.55. The van der Waals surface area contributed by atoms with E-state index in [1.807, 2.05) is 4.90 Å². The van der Waals surface area contributed by atoms with Gasteiger partial charge in [-0.05, 0) is 26.2 Å². The van der Waals surface area contributed by atoms with E-state index in [-0.39, 0.29) is 11.6 Å². The monoisotopic (exact) mass is 182 g/mol. The molecule has 0 unspecified atom stereocenters. The number of urea groups is 1. The first-order valence-corrected chi connectivity index (χ1v) is 5.28. The molecule has 1 saturated heterocycles. The molecule has 13 heavy (non-hydrogen) atoms. The highest BCUT2D eigenvalue weighted by Gasteiger charge is 2.38. The summed E-state index contributed by atoms with van der Waals surface area (Å²) in [7, 11) is 0. The van der Waals surface area contributed by atoms with Crippen LogP contribution in [0.1, 0.15) is 39.0 Å². The van der Waals surface area contributed by atoms with Gasteiger partial charge in [0.2, 0.25) is 0 Å². The maximum absolute atomic E-state index is 11.6. The van der Waals surface area contributed by atoms with Gasteiger partial charge >= 0.3 is 6.03 Å². The topological polar surface area (TPSA) is 32.3 Å². The van der Waals surface area contributed by atoms with Crippen LogP contribution in [0.4, 0.5) is 4.79 Å². The van der Waals surface area contributed by atoms with E-state index in [2.05, 4.69) is 12.2 Å². The molecule has 0 atom stereocenters. The van der Waals surface area contributed by atoms with Crippen molar-refractivity contribution in [1.82, 2.24) is 10.2 Å². The molecule has 0 aromatic heterocycles. The van der Waals surface area contributed by atoms with Gasteiger partial charge in [-0.15, -0.1) is 0 Å². The van der Waals surface area contributed by atoms with E-state index >= 15 is 0 Å². The Labute approximate surface area is 79.5 Å². The Kier molecular flexibility index (Phi) is 2.18. The fourth-order valence-corrected chi connectivity index (χ4v) is 2.55. The molecule has 2 rings (SSSR count). The lowest BCUT2D eigenvalue weighted by atomic mass is 9.97. The molecule has 2 amide bonds. The molecule has 0 aromatic rings. The lowest BCUT2D eigenvalue weighted by Gasteiger charge is -2.41. The molecule has 1 heterocycles. The largest absolute Gasteiger partial charge is 0.338 e. The molecule has 0 spiro atoms. The van der Waals surface area contributed by atoms with Crippen molar-refractivity contribution in [2.24, 2.45) is 0 Å². The van der Waals surface area contributed by atoms with Crippen LogP contribution in [0.15, 0.2) is 0 Å². The molecular formula is C10H18N2O. The fraction of sp³-hybridized carbons (Fsp3) is 0.900. The Morgan fingerprint density at radius 2 is 2.00 bits per heavy atom. The van der Waals surface area contributed by atoms with Crippen LogP contribution in [-0.2, 0) is 0 Å². The Morgan fingerprint density at radius 1 is 1.31 bits per heavy atom. The quantitative estimate of drug-likeness (QED) is 0.658. The lowest BCUT2D eigenvalue weighted by Crippen LogP contribution is -2.56. The van der Waals surface area contributed by atoms with Gasteiger partial charge in [-0.3, -0.25) is 0 Å². The van der Waals surface area contributed by atoms with Gasteiger partial charge in [-0.2, -0.15) is 0 Å². The first-order chi connectivity index (χ1) is 6.22. The van der Waals surface area contributed by atoms with Gasteiger partial charge < -0.3 is 10.2 Å². The van der Waals surface area contributed by atoms with E-state index in [1.54, 1.807) is 0 Å². The average Bonchev–Trinajstić information content (AvgIpc) is 2.54. The molecule has 3 heteroatoms. The van der Waals surface area contributed by atoms with E-state index in [4.69, 9.17) is 0 Å². The highest BCUT2D eigenvalue weighted by molar-refractivity contribution is 5.75. The minimum Gasteiger partial charge on any atom is -0.338 e. The number of carbonyl (C=O) groups excluding carboxylic acids is 1. The summed E-state index contributed by atoms with van der Waals surface area (Å²) in [5.41, 5.74) is 0.157. The molecule has 74 valence electrons. The van der Waals surface area contributed by atoms with Crippen LogP contribution in [-0.4, -0.2) is 29.6 Å². The third-order valence-electron chi connectivity index (χ3n) is 3.41. The van der Waals surface area contributed by atoms with Crippen LogP contribution in [0.3, 0.4) is 0 Å². The molecule has 1 aliphatic heterocycles. The van der Waals surface area contributed by atoms with Crippen molar-refractivity contribution in [3.8, 4) is 0 Å². The van der Waals surface area contributed by atoms with Crippen molar-refractivity contribution < 1.29 is 4.79 Å². The Balaban J connectivity index is 2.08. The van der Waals surface area contributed by atoms with Crippen LogP contribution in [0.5, 0.6) is 0 Å². The summed E-state index contributed by atoms with van der Waals surface area (Å²) in [5, 5.41) is 2.92. The molecule has 0 bridgehead atoms. The molecule has 2 fully saturated rings. The maximum atomic E-state index is 11.6. The number of nitrogens with zero attached hydrogens (tertiary/aromatic N) is 1. The average molecular weight is 182 g/mol. The summed E-state index contributed by atoms with van der Waals surface area (Å²) in [4.78, 5) is 13.6. The van der Waals surface area contributed by atoms with Gasteiger partial charge in [0.05, 0.1) is 0 Å². The van der Waals surface area contributed by atoms with Gasteiger partial charge in [0.15, 0.2) is 0 Å². The predicted octanol–water partition coefficient (Wildman–Crippen LogP) is 1.73. The zero-order valence-corrected chi connectivity index (χ0v) is 8.31. The van der Waals surface area contributed by atoms with Crippen molar-refractivity contribution in [3.63, 3.8) is 0 Å². The van der Waals surface area contributed by atoms with E-state index in [0.29, 0.717) is 0 Å². The van der Waals surface area contributed by atoms with Crippen LogP contribution in [0.2, 0.25) is 0 Å². The van der Waals surface area contributed by atoms with Crippen molar-refractivity contribution >= 4 is 6.03 Å². The number of carbonyl (C=O) groups is 1. The van der Waals surface area contributed by atoms with Crippen LogP contribution < -0.4 is 5.32 Å². The van der Waals surface area contributed by atoms with Crippen molar-refractivity contribution in [1.29, 1.82) is 0 Å². The third kappa shape index (κ3) is 1.52. The molecule has 3 nitrogen and oxygen atoms in total. The maximum Gasteiger partial charge on any atom is 0.317 e. The minimum absolute atomic E-state index is 0.149. The number of amides is 2. The van der Waals surface area contributed by atoms with E-state index in [1.165, 1.54) is 25.7 Å². The number of hydrogen-bond donors (Lipinski definition) is 1. The molecule has 0 aromatic carbocycles. The van der Waals surface area contributed by atoms with Crippen molar-refractivity contribution in [2.75, 3.05) is 13.1 Å². The predicted molar refractivity (Wildman–Crippen MR) is 51.6 cm³/mol. The first-order valence-electron chi connectivity index (χ1n) is 5.28. The highest BCUT2D eigenvalue weighted by atomic mass is 16.2. The summed E-state index contributed by atoms with van der Waals surface area (Å²) in [5.74, 6) is 0. The van der Waals surface area contributed by atoms with Gasteiger partial charge in [0.25, 0.3) is 0 Å². The SMILES string of the molecule is CC1(N2CCCNC2=O)CCCC1. The van der Waals surface area contributed by atoms with Gasteiger partial charge in [0.1, 0.15) is 0 Å². The zero-order valence-electron chi connectivity index (χ0n) is 8.31. The zero-order chi connectivity index (χ0) is 9.31. The Hall–Kier alpha value is -0.730. The Bertz CT molecular complexity index is 209. The normalized spacial score (nSPS) is 27.5. The first kappa shape index (κ1) is 8.85. The summed E-state index contributed by atoms with van der Waals surface area (Å²) in [6, 6.07) is 0.149. The van der Waals surface area contributed by atoms with Gasteiger partial charge in [0, 0.05) is 18.6 Å². The smallest absolute Gasteiger partial charge is 0.317 e. The number of hydrogen-bond acceptors (Lipinski definition) is 1. The second-order valence-corrected chi connectivity index (χ2v) is 4.44.